The Bertz CT molecular complexity index is 2910. The maximum absolute atomic E-state index is 14.8. The van der Waals surface area contributed by atoms with Gasteiger partial charge < -0.3 is 83.1 Å². The van der Waals surface area contributed by atoms with E-state index in [9.17, 15) is 107 Å². The molecule has 5 fully saturated rings. The zero-order valence-corrected chi connectivity index (χ0v) is 44.3. The number of hydrogen-bond donors (Lipinski definition) is 12. The summed E-state index contributed by atoms with van der Waals surface area (Å²) in [6, 6.07) is 0. The molecular weight excluding hydrogens is 1210 g/mol. The molecule has 5 aliphatic heterocycles. The van der Waals surface area contributed by atoms with E-state index in [4.69, 9.17) is 51.9 Å². The van der Waals surface area contributed by atoms with Gasteiger partial charge in [0.15, 0.2) is 37.4 Å². The average molecular weight is 1270 g/mol. The highest BCUT2D eigenvalue weighted by atomic mass is 32.3. The number of H-pyrrole nitrogens is 1. The minimum absolute atomic E-state index is 0.110. The summed E-state index contributed by atoms with van der Waals surface area (Å²) in [5, 5.41) is 76.1. The van der Waals surface area contributed by atoms with Gasteiger partial charge in [0.1, 0.15) is 92.8 Å². The lowest BCUT2D eigenvalue weighted by atomic mass is 9.97. The van der Waals surface area contributed by atoms with Crippen LogP contribution in [0, 0.1) is 6.92 Å². The molecule has 0 amide bonds. The molecule has 21 atom stereocenters. The molecule has 0 radical (unpaired) electrons. The minimum Gasteiger partial charge on any atom is -0.463 e. The van der Waals surface area contributed by atoms with E-state index in [1.165, 1.54) is 6.92 Å². The fourth-order valence-electron chi connectivity index (χ4n) is 8.56. The third-order valence-corrected chi connectivity index (χ3v) is 14.1. The van der Waals surface area contributed by atoms with Crippen LogP contribution in [0.1, 0.15) is 37.5 Å². The summed E-state index contributed by atoms with van der Waals surface area (Å²) in [7, 11) is -22.0. The van der Waals surface area contributed by atoms with Crippen molar-refractivity contribution in [1.29, 1.82) is 0 Å². The number of aromatic nitrogens is 2. The largest absolute Gasteiger partial charge is 0.463 e. The van der Waals surface area contributed by atoms with Crippen LogP contribution in [0.15, 0.2) is 15.8 Å². The Hall–Kier alpha value is -3.57. The van der Waals surface area contributed by atoms with E-state index in [1.54, 1.807) is 0 Å². The fraction of sp³-hybridized carbons (Fsp3) is 0.838. The summed E-state index contributed by atoms with van der Waals surface area (Å²) < 4.78 is 217. The van der Waals surface area contributed by atoms with Gasteiger partial charge >= 0.3 is 59.2 Å². The zero-order valence-electron chi connectivity index (χ0n) is 41.1. The number of esters is 2. The molecule has 466 valence electrons. The van der Waals surface area contributed by atoms with Crippen molar-refractivity contribution in [3.63, 3.8) is 0 Å². The second-order valence-corrected chi connectivity index (χ2v) is 22.4. The van der Waals surface area contributed by atoms with Crippen molar-refractivity contribution in [3.8, 4) is 0 Å². The number of nitrogens with one attached hydrogen (secondary N) is 1. The highest BCUT2D eigenvalue weighted by Crippen LogP contribution is 2.36. The SMILES string of the molecule is Cc1cn([C@H]2C[C@H](F)C(COC(=O)CCC(=O)OC[C@H]3O[C@@H](O)[C@H](OS(=O)(=O)O)[C@H](OS(=O)(=O)O)[C@@H]3O[C@@H]3CO[C@@H](O[C@@H]4O[C@H](CO)[C@@H](O[C@@H]5O[C@H](COS(=O)(=O)O)C[C@H](O)[C@H]5OS(=O)(=O)O)[C@H](O)[C@H]4O)[C@H](O)[C@H]3O)O2)c(=O)[nH]c1=O. The molecule has 5 aliphatic rings. The predicted octanol–water partition coefficient (Wildman–Crippen LogP) is -8.41. The van der Waals surface area contributed by atoms with Crippen LogP contribution in [0.3, 0.4) is 0 Å². The Morgan fingerprint density at radius 2 is 1.22 bits per heavy atom. The number of carbonyl (C=O) groups excluding carboxylic acids is 2. The van der Waals surface area contributed by atoms with Gasteiger partial charge in [0.2, 0.25) is 0 Å². The lowest BCUT2D eigenvalue weighted by molar-refractivity contribution is -0.384. The lowest BCUT2D eigenvalue weighted by Gasteiger charge is -2.47. The monoisotopic (exact) mass is 1270 g/mol. The first kappa shape index (κ1) is 66.6. The van der Waals surface area contributed by atoms with E-state index in [0.29, 0.717) is 0 Å². The Morgan fingerprint density at radius 3 is 1.81 bits per heavy atom. The number of aliphatic hydroxyl groups excluding tert-OH is 7. The standard InChI is InChI=1S/C37H55FN2O37S4/c1-12-6-40(37(51)39-32(12)49)20-5-14(38)17(69-20)9-64-21(43)2-3-22(44)65-11-19-29(30(76-80(58,59)60)31(33(50)71-19)77-81(61,62)63)70-18-10-66-34(25(47)23(18)45)74-35-26(48)24(46)28(16(7-41)72-35)73-36-27(75-79(55,56)57)15(42)4-13(68-36)8-67-78(52,53)54/h6,13-20,23-31,33-36,41-42,45-48,50H,2-5,7-11H2,1H3,(H,39,49,51)(H,52,53,54)(H,55,56,57)(H,58,59,60)(H,61,62,63)/t13-,14-,15-,16+,17?,18+,19+,20+,23-,24+,25+,26+,27+,28+,29+,30+,31+,33+,34-,35-,36-/m0/s1. The smallest absolute Gasteiger partial charge is 0.397 e. The zero-order chi connectivity index (χ0) is 60.3. The van der Waals surface area contributed by atoms with Crippen LogP contribution in [-0.2, 0) is 115 Å². The molecule has 1 unspecified atom stereocenters. The van der Waals surface area contributed by atoms with E-state index in [1.807, 2.05) is 4.98 Å². The number of rotatable bonds is 24. The van der Waals surface area contributed by atoms with Crippen molar-refractivity contribution in [2.75, 3.05) is 33.0 Å². The normalized spacial score (nSPS) is 37.2. The summed E-state index contributed by atoms with van der Waals surface area (Å²) in [5.74, 6) is -2.41. The number of nitrogens with zero attached hydrogens (tertiary/aromatic N) is 1. The van der Waals surface area contributed by atoms with Gasteiger partial charge in [-0.15, -0.1) is 0 Å². The van der Waals surface area contributed by atoms with Gasteiger partial charge in [0.05, 0.1) is 44.9 Å². The minimum atomic E-state index is -5.78. The fourth-order valence-corrected chi connectivity index (χ4v) is 10.4. The van der Waals surface area contributed by atoms with Gasteiger partial charge in [0.25, 0.3) is 5.56 Å². The summed E-state index contributed by atoms with van der Waals surface area (Å²) in [4.78, 5) is 51.4. The maximum Gasteiger partial charge on any atom is 0.397 e. The third-order valence-electron chi connectivity index (χ3n) is 12.3. The number of aliphatic hydroxyl groups is 7. The second-order valence-electron chi connectivity index (χ2n) is 18.2. The predicted molar refractivity (Wildman–Crippen MR) is 242 cm³/mol. The molecule has 0 spiro atoms. The van der Waals surface area contributed by atoms with Crippen LogP contribution in [0.4, 0.5) is 4.39 Å². The molecule has 44 heteroatoms. The van der Waals surface area contributed by atoms with Crippen molar-refractivity contribution in [3.05, 3.63) is 32.6 Å². The molecule has 81 heavy (non-hydrogen) atoms. The average Bonchev–Trinajstić information content (AvgIpc) is 3.80. The van der Waals surface area contributed by atoms with Gasteiger partial charge in [0, 0.05) is 24.6 Å². The molecule has 1 aromatic rings. The molecule has 5 saturated heterocycles. The summed E-state index contributed by atoms with van der Waals surface area (Å²) >= 11 is 0. The molecule has 0 bridgehead atoms. The highest BCUT2D eigenvalue weighted by Gasteiger charge is 2.56. The van der Waals surface area contributed by atoms with Crippen LogP contribution in [0.25, 0.3) is 0 Å². The van der Waals surface area contributed by atoms with E-state index in [-0.39, 0.29) is 12.0 Å². The van der Waals surface area contributed by atoms with Gasteiger partial charge in [-0.05, 0) is 6.92 Å². The van der Waals surface area contributed by atoms with Crippen molar-refractivity contribution >= 4 is 53.5 Å². The molecule has 39 nitrogen and oxygen atoms in total. The number of ether oxygens (including phenoxy) is 10. The van der Waals surface area contributed by atoms with Crippen LogP contribution in [-0.4, -0.2) is 265 Å². The van der Waals surface area contributed by atoms with Gasteiger partial charge in [-0.3, -0.25) is 42.1 Å². The molecule has 0 saturated carbocycles. The van der Waals surface area contributed by atoms with Gasteiger partial charge in [-0.25, -0.2) is 25.9 Å². The number of halogens is 1. The number of carbonyl (C=O) groups is 2. The first-order valence-corrected chi connectivity index (χ1v) is 28.7. The molecule has 6 heterocycles. The van der Waals surface area contributed by atoms with Crippen molar-refractivity contribution in [2.24, 2.45) is 0 Å². The Kier molecular flexibility index (Phi) is 22.4. The summed E-state index contributed by atoms with van der Waals surface area (Å²) in [6.07, 6.45) is -46.2. The molecule has 0 aromatic carbocycles. The quantitative estimate of drug-likeness (QED) is 0.0338. The summed E-state index contributed by atoms with van der Waals surface area (Å²) in [5.41, 5.74) is -1.48. The molecule has 1 aromatic heterocycles. The lowest BCUT2D eigenvalue weighted by Crippen LogP contribution is -2.66. The first-order chi connectivity index (χ1) is 37.5. The Balaban J connectivity index is 1.09. The highest BCUT2D eigenvalue weighted by molar-refractivity contribution is 7.81. The van der Waals surface area contributed by atoms with E-state index in [2.05, 4.69) is 16.7 Å². The number of hydrogen-bond acceptors (Lipinski definition) is 33. The first-order valence-electron chi connectivity index (χ1n) is 23.3. The Morgan fingerprint density at radius 1 is 0.642 bits per heavy atom. The molecule has 6 rings (SSSR count). The number of alkyl halides is 1. The van der Waals surface area contributed by atoms with Gasteiger partial charge in [-0.2, -0.15) is 33.7 Å². The van der Waals surface area contributed by atoms with Crippen LogP contribution in [0.5, 0.6) is 0 Å². The molecule has 12 N–H and O–H groups in total. The van der Waals surface area contributed by atoms with Crippen LogP contribution in [0.2, 0.25) is 0 Å². The second kappa shape index (κ2) is 27.2. The van der Waals surface area contributed by atoms with Crippen molar-refractivity contribution in [1.82, 2.24) is 9.55 Å². The summed E-state index contributed by atoms with van der Waals surface area (Å²) in [6.45, 7) is -3.76. The number of aryl methyl sites for hydroxylation is 1. The van der Waals surface area contributed by atoms with E-state index < -0.39 is 246 Å². The Labute approximate surface area is 454 Å². The number of aromatic amines is 1. The molecular formula is C37H55FN2O37S4. The van der Waals surface area contributed by atoms with Crippen molar-refractivity contribution < 1.29 is 166 Å². The van der Waals surface area contributed by atoms with Crippen LogP contribution >= 0.6 is 0 Å². The maximum atomic E-state index is 14.8. The molecule has 0 aliphatic carbocycles. The topological polar surface area (TPSA) is 577 Å². The van der Waals surface area contributed by atoms with Crippen molar-refractivity contribution in [2.45, 2.75) is 162 Å². The van der Waals surface area contributed by atoms with Crippen LogP contribution < -0.4 is 11.2 Å². The third kappa shape index (κ3) is 18.5. The van der Waals surface area contributed by atoms with Gasteiger partial charge in [-0.1, -0.05) is 0 Å². The van der Waals surface area contributed by atoms with E-state index >= 15 is 0 Å². The van der Waals surface area contributed by atoms with E-state index in [0.717, 1.165) is 10.8 Å².